The molecular weight excluding hydrogens is 224 g/mol. The first-order chi connectivity index (χ1) is 8.74. The lowest BCUT2D eigenvalue weighted by Crippen LogP contribution is -2.19. The van der Waals surface area contributed by atoms with E-state index in [4.69, 9.17) is 4.74 Å². The maximum Gasteiger partial charge on any atom is 0.217 e. The van der Waals surface area contributed by atoms with Gasteiger partial charge in [0.1, 0.15) is 0 Å². The van der Waals surface area contributed by atoms with Crippen LogP contribution in [0.3, 0.4) is 0 Å². The monoisotopic (exact) mass is 250 g/mol. The van der Waals surface area contributed by atoms with Crippen LogP contribution in [0.5, 0.6) is 5.88 Å². The van der Waals surface area contributed by atoms with Gasteiger partial charge in [-0.15, -0.1) is 0 Å². The molecule has 0 radical (unpaired) electrons. The fourth-order valence-electron chi connectivity index (χ4n) is 1.71. The third kappa shape index (κ3) is 6.01. The molecule has 0 aromatic carbocycles. The fraction of sp³-hybridized carbons (Fsp3) is 0.667. The summed E-state index contributed by atoms with van der Waals surface area (Å²) < 4.78 is 5.75. The highest BCUT2D eigenvalue weighted by Crippen LogP contribution is 2.14. The van der Waals surface area contributed by atoms with Crippen molar-refractivity contribution in [2.45, 2.75) is 46.6 Å². The Morgan fingerprint density at radius 2 is 2.17 bits per heavy atom. The Hall–Kier alpha value is -1.09. The van der Waals surface area contributed by atoms with E-state index in [0.717, 1.165) is 37.6 Å². The van der Waals surface area contributed by atoms with Gasteiger partial charge in [0.05, 0.1) is 6.61 Å². The maximum absolute atomic E-state index is 5.75. The van der Waals surface area contributed by atoms with Crippen molar-refractivity contribution < 1.29 is 4.74 Å². The summed E-state index contributed by atoms with van der Waals surface area (Å²) >= 11 is 0. The highest BCUT2D eigenvalue weighted by molar-refractivity contribution is 5.25. The number of hydrogen-bond donors (Lipinski definition) is 1. The average Bonchev–Trinajstić information content (AvgIpc) is 2.36. The van der Waals surface area contributed by atoms with Crippen LogP contribution in [0.4, 0.5) is 0 Å². The van der Waals surface area contributed by atoms with E-state index in [0.29, 0.717) is 5.92 Å². The molecule has 0 bridgehead atoms. The summed E-state index contributed by atoms with van der Waals surface area (Å²) in [5.41, 5.74) is 1.15. The van der Waals surface area contributed by atoms with Crippen molar-refractivity contribution in [2.24, 2.45) is 5.92 Å². The van der Waals surface area contributed by atoms with Gasteiger partial charge in [-0.25, -0.2) is 4.98 Å². The van der Waals surface area contributed by atoms with Gasteiger partial charge >= 0.3 is 0 Å². The SMILES string of the molecule is CCCCCOc1ncccc1CNCC(C)C. The molecule has 0 atom stereocenters. The zero-order chi connectivity index (χ0) is 13.2. The average molecular weight is 250 g/mol. The number of hydrogen-bond acceptors (Lipinski definition) is 3. The van der Waals surface area contributed by atoms with Crippen molar-refractivity contribution in [3.63, 3.8) is 0 Å². The first kappa shape index (κ1) is 15.0. The molecule has 1 aromatic heterocycles. The number of unbranched alkanes of at least 4 members (excludes halogenated alkanes) is 2. The number of nitrogens with one attached hydrogen (secondary N) is 1. The minimum absolute atomic E-state index is 0.663. The normalized spacial score (nSPS) is 10.9. The molecule has 0 fully saturated rings. The van der Waals surface area contributed by atoms with Gasteiger partial charge in [0.25, 0.3) is 0 Å². The van der Waals surface area contributed by atoms with Gasteiger partial charge in [0.2, 0.25) is 5.88 Å². The van der Waals surface area contributed by atoms with Crippen molar-refractivity contribution in [2.75, 3.05) is 13.2 Å². The molecule has 3 nitrogen and oxygen atoms in total. The first-order valence-corrected chi connectivity index (χ1v) is 7.01. The van der Waals surface area contributed by atoms with Gasteiger partial charge < -0.3 is 10.1 Å². The molecule has 1 aromatic rings. The molecule has 0 unspecified atom stereocenters. The van der Waals surface area contributed by atoms with Gasteiger partial charge in [-0.1, -0.05) is 39.7 Å². The van der Waals surface area contributed by atoms with E-state index in [-0.39, 0.29) is 0 Å². The largest absolute Gasteiger partial charge is 0.477 e. The summed E-state index contributed by atoms with van der Waals surface area (Å²) in [6.45, 7) is 9.22. The van der Waals surface area contributed by atoms with Crippen LogP contribution in [0.25, 0.3) is 0 Å². The van der Waals surface area contributed by atoms with E-state index in [1.807, 2.05) is 6.07 Å². The Morgan fingerprint density at radius 1 is 1.33 bits per heavy atom. The second kappa shape index (κ2) is 8.92. The quantitative estimate of drug-likeness (QED) is 0.682. The molecule has 1 N–H and O–H groups in total. The minimum Gasteiger partial charge on any atom is -0.477 e. The zero-order valence-electron chi connectivity index (χ0n) is 11.9. The van der Waals surface area contributed by atoms with Gasteiger partial charge in [-0.3, -0.25) is 0 Å². The standard InChI is InChI=1S/C15H26N2O/c1-4-5-6-10-18-15-14(8-7-9-17-15)12-16-11-13(2)3/h7-9,13,16H,4-6,10-12H2,1-3H3. The van der Waals surface area contributed by atoms with E-state index < -0.39 is 0 Å². The summed E-state index contributed by atoms with van der Waals surface area (Å²) in [6.07, 6.45) is 5.33. The predicted octanol–water partition coefficient (Wildman–Crippen LogP) is 3.40. The van der Waals surface area contributed by atoms with Gasteiger partial charge in [0, 0.05) is 18.3 Å². The molecule has 0 amide bonds. The predicted molar refractivity (Wildman–Crippen MR) is 75.8 cm³/mol. The Morgan fingerprint density at radius 3 is 2.89 bits per heavy atom. The summed E-state index contributed by atoms with van der Waals surface area (Å²) in [5, 5.41) is 3.42. The molecule has 0 aliphatic heterocycles. The Labute approximate surface area is 111 Å². The molecule has 0 spiro atoms. The van der Waals surface area contributed by atoms with Crippen molar-refractivity contribution >= 4 is 0 Å². The number of aromatic nitrogens is 1. The molecule has 102 valence electrons. The van der Waals surface area contributed by atoms with Crippen molar-refractivity contribution in [3.8, 4) is 5.88 Å². The molecule has 1 rings (SSSR count). The lowest BCUT2D eigenvalue weighted by atomic mass is 10.2. The molecular formula is C15H26N2O. The molecule has 0 aliphatic rings. The summed E-state index contributed by atoms with van der Waals surface area (Å²) in [4.78, 5) is 4.31. The van der Waals surface area contributed by atoms with Crippen LogP contribution in [0.1, 0.15) is 45.6 Å². The van der Waals surface area contributed by atoms with Gasteiger partial charge in [0.15, 0.2) is 0 Å². The molecule has 1 heterocycles. The Bertz CT molecular complexity index is 326. The highest BCUT2D eigenvalue weighted by atomic mass is 16.5. The van der Waals surface area contributed by atoms with Crippen LogP contribution < -0.4 is 10.1 Å². The highest BCUT2D eigenvalue weighted by Gasteiger charge is 2.04. The molecule has 0 aliphatic carbocycles. The lowest BCUT2D eigenvalue weighted by Gasteiger charge is -2.11. The molecule has 3 heteroatoms. The number of nitrogens with zero attached hydrogens (tertiary/aromatic N) is 1. The summed E-state index contributed by atoms with van der Waals surface area (Å²) in [5.74, 6) is 1.44. The van der Waals surface area contributed by atoms with Crippen molar-refractivity contribution in [3.05, 3.63) is 23.9 Å². The second-order valence-electron chi connectivity index (χ2n) is 5.05. The first-order valence-electron chi connectivity index (χ1n) is 7.01. The smallest absolute Gasteiger partial charge is 0.217 e. The van der Waals surface area contributed by atoms with Crippen LogP contribution in [-0.4, -0.2) is 18.1 Å². The molecule has 0 saturated heterocycles. The van der Waals surface area contributed by atoms with Crippen LogP contribution in [0.15, 0.2) is 18.3 Å². The minimum atomic E-state index is 0.663. The van der Waals surface area contributed by atoms with Crippen LogP contribution in [-0.2, 0) is 6.54 Å². The Balaban J connectivity index is 2.40. The van der Waals surface area contributed by atoms with Crippen LogP contribution >= 0.6 is 0 Å². The van der Waals surface area contributed by atoms with Crippen molar-refractivity contribution in [1.29, 1.82) is 0 Å². The number of pyridine rings is 1. The lowest BCUT2D eigenvalue weighted by molar-refractivity contribution is 0.290. The molecule has 18 heavy (non-hydrogen) atoms. The zero-order valence-corrected chi connectivity index (χ0v) is 11.9. The summed E-state index contributed by atoms with van der Waals surface area (Å²) in [6, 6.07) is 4.04. The van der Waals surface area contributed by atoms with Gasteiger partial charge in [-0.05, 0) is 24.9 Å². The van der Waals surface area contributed by atoms with Crippen LogP contribution in [0.2, 0.25) is 0 Å². The van der Waals surface area contributed by atoms with E-state index in [1.54, 1.807) is 6.20 Å². The van der Waals surface area contributed by atoms with E-state index >= 15 is 0 Å². The number of ether oxygens (including phenoxy) is 1. The van der Waals surface area contributed by atoms with Crippen molar-refractivity contribution in [1.82, 2.24) is 10.3 Å². The van der Waals surface area contributed by atoms with Gasteiger partial charge in [-0.2, -0.15) is 0 Å². The van der Waals surface area contributed by atoms with E-state index in [1.165, 1.54) is 12.8 Å². The summed E-state index contributed by atoms with van der Waals surface area (Å²) in [7, 11) is 0. The van der Waals surface area contributed by atoms with E-state index in [9.17, 15) is 0 Å². The van der Waals surface area contributed by atoms with E-state index in [2.05, 4.69) is 37.1 Å². The molecule has 0 saturated carbocycles. The third-order valence-corrected chi connectivity index (χ3v) is 2.70. The third-order valence-electron chi connectivity index (χ3n) is 2.70. The topological polar surface area (TPSA) is 34.1 Å². The van der Waals surface area contributed by atoms with Crippen LogP contribution in [0, 0.1) is 5.92 Å². The fourth-order valence-corrected chi connectivity index (χ4v) is 1.71. The Kier molecular flexibility index (Phi) is 7.42. The maximum atomic E-state index is 5.75. The number of rotatable bonds is 9. The second-order valence-corrected chi connectivity index (χ2v) is 5.05.